The lowest BCUT2D eigenvalue weighted by Gasteiger charge is -2.05. The van der Waals surface area contributed by atoms with Gasteiger partial charge in [-0.25, -0.2) is 0 Å². The average Bonchev–Trinajstić information content (AvgIpc) is 2.71. The van der Waals surface area contributed by atoms with Gasteiger partial charge in [-0.05, 0) is 38.5 Å². The van der Waals surface area contributed by atoms with Crippen LogP contribution in [-0.4, -0.2) is 37.1 Å². The lowest BCUT2D eigenvalue weighted by molar-refractivity contribution is 0.127. The van der Waals surface area contributed by atoms with Gasteiger partial charge >= 0.3 is 0 Å². The zero-order valence-corrected chi connectivity index (χ0v) is 21.7. The van der Waals surface area contributed by atoms with Crippen LogP contribution in [0.2, 0.25) is 0 Å². The van der Waals surface area contributed by atoms with Crippen LogP contribution in [0.4, 0.5) is 0 Å². The van der Waals surface area contributed by atoms with Crippen molar-refractivity contribution in [2.45, 2.75) is 116 Å². The molecule has 0 N–H and O–H groups in total. The summed E-state index contributed by atoms with van der Waals surface area (Å²) in [4.78, 5) is 0. The van der Waals surface area contributed by atoms with Gasteiger partial charge in [0.05, 0.1) is 0 Å². The summed E-state index contributed by atoms with van der Waals surface area (Å²) in [6.45, 7) is 3.81. The summed E-state index contributed by atoms with van der Waals surface area (Å²) in [5.74, 6) is 0. The summed E-state index contributed by atoms with van der Waals surface area (Å²) in [5.41, 5.74) is 0. The van der Waals surface area contributed by atoms with Gasteiger partial charge in [-0.3, -0.25) is 0 Å². The van der Waals surface area contributed by atoms with Crippen molar-refractivity contribution in [3.8, 4) is 0 Å². The molecule has 0 heterocycles. The van der Waals surface area contributed by atoms with Crippen molar-refractivity contribution in [2.75, 3.05) is 37.1 Å². The van der Waals surface area contributed by atoms with Gasteiger partial charge in [0, 0.05) is 37.1 Å². The number of alkyl halides is 2. The van der Waals surface area contributed by atoms with Crippen LogP contribution < -0.4 is 0 Å². The summed E-state index contributed by atoms with van der Waals surface area (Å²) in [5, 5.41) is 2.20. The molecule has 4 heteroatoms. The number of hydrogen-bond acceptors (Lipinski definition) is 2. The van der Waals surface area contributed by atoms with Crippen LogP contribution in [0, 0.1) is 0 Å². The minimum absolute atomic E-state index is 0.942. The smallest absolute Gasteiger partial charge is 0.0466 e. The first-order valence-corrected chi connectivity index (χ1v) is 14.4. The van der Waals surface area contributed by atoms with E-state index in [1.807, 2.05) is 0 Å². The molecule has 0 spiro atoms. The topological polar surface area (TPSA) is 18.5 Å². The maximum Gasteiger partial charge on any atom is 0.0466 e. The predicted octanol–water partition coefficient (Wildman–Crippen LogP) is 8.83. The molecule has 0 aromatic rings. The summed E-state index contributed by atoms with van der Waals surface area (Å²) >= 11 is 6.90. The Labute approximate surface area is 193 Å². The van der Waals surface area contributed by atoms with Crippen LogP contribution in [0.25, 0.3) is 0 Å². The first-order valence-electron chi connectivity index (χ1n) is 12.2. The fourth-order valence-corrected chi connectivity index (χ4v) is 4.12. The molecular weight excluding hydrogens is 480 g/mol. The van der Waals surface area contributed by atoms with E-state index in [2.05, 4.69) is 31.9 Å². The Balaban J connectivity index is 2.96. The first kappa shape index (κ1) is 28.9. The van der Waals surface area contributed by atoms with Crippen molar-refractivity contribution in [3.05, 3.63) is 0 Å². The van der Waals surface area contributed by atoms with Crippen LogP contribution in [0.3, 0.4) is 0 Å². The van der Waals surface area contributed by atoms with Gasteiger partial charge in [0.25, 0.3) is 0 Å². The van der Waals surface area contributed by atoms with Crippen molar-refractivity contribution >= 4 is 31.9 Å². The molecule has 0 saturated heterocycles. The number of rotatable bonds is 25. The second-order valence-corrected chi connectivity index (χ2v) is 9.55. The predicted molar refractivity (Wildman–Crippen MR) is 132 cm³/mol. The van der Waals surface area contributed by atoms with E-state index in [1.54, 1.807) is 0 Å². The van der Waals surface area contributed by atoms with E-state index in [1.165, 1.54) is 116 Å². The molecule has 2 nitrogen and oxygen atoms in total. The highest BCUT2D eigenvalue weighted by Crippen LogP contribution is 2.13. The lowest BCUT2D eigenvalue weighted by Crippen LogP contribution is -1.97. The monoisotopic (exact) mass is 526 g/mol. The van der Waals surface area contributed by atoms with Gasteiger partial charge in [-0.15, -0.1) is 0 Å². The molecule has 0 bridgehead atoms. The van der Waals surface area contributed by atoms with Crippen molar-refractivity contribution in [1.82, 2.24) is 0 Å². The van der Waals surface area contributed by atoms with Crippen LogP contribution in [0.15, 0.2) is 0 Å². The molecular formula is C24H48Br2O2. The minimum atomic E-state index is 0.942. The van der Waals surface area contributed by atoms with Crippen molar-refractivity contribution in [3.63, 3.8) is 0 Å². The maximum atomic E-state index is 5.64. The lowest BCUT2D eigenvalue weighted by atomic mass is 10.0. The van der Waals surface area contributed by atoms with Crippen LogP contribution >= 0.6 is 31.9 Å². The second-order valence-electron chi connectivity index (χ2n) is 7.97. The SMILES string of the molecule is BrCCCCOCCCCCCCCCCCCCCCCOCCCCBr. The van der Waals surface area contributed by atoms with Gasteiger partial charge < -0.3 is 9.47 Å². The average molecular weight is 528 g/mol. The first-order chi connectivity index (χ1) is 13.9. The highest BCUT2D eigenvalue weighted by Gasteiger charge is 1.96. The van der Waals surface area contributed by atoms with Gasteiger partial charge in [-0.1, -0.05) is 109 Å². The highest BCUT2D eigenvalue weighted by atomic mass is 79.9. The summed E-state index contributed by atoms with van der Waals surface area (Å²) in [7, 11) is 0. The Bertz CT molecular complexity index is 239. The molecule has 0 amide bonds. The normalized spacial score (nSPS) is 11.4. The van der Waals surface area contributed by atoms with Gasteiger partial charge in [0.15, 0.2) is 0 Å². The van der Waals surface area contributed by atoms with E-state index in [-0.39, 0.29) is 0 Å². The molecule has 0 aromatic heterocycles. The molecule has 0 fully saturated rings. The molecule has 0 aliphatic heterocycles. The fraction of sp³-hybridized carbons (Fsp3) is 1.00. The van der Waals surface area contributed by atoms with Crippen LogP contribution in [0.1, 0.15) is 116 Å². The maximum absolute atomic E-state index is 5.64. The number of halogens is 2. The van der Waals surface area contributed by atoms with Crippen molar-refractivity contribution in [2.24, 2.45) is 0 Å². The standard InChI is InChI=1S/C24H48Br2O2/c25-19-13-17-23-27-21-15-11-9-7-5-3-1-2-4-6-8-10-12-16-22-28-24-18-14-20-26/h1-24H2. The van der Waals surface area contributed by atoms with Crippen molar-refractivity contribution < 1.29 is 9.47 Å². The Kier molecular flexibility index (Phi) is 28.8. The highest BCUT2D eigenvalue weighted by molar-refractivity contribution is 9.09. The largest absolute Gasteiger partial charge is 0.381 e. The van der Waals surface area contributed by atoms with Gasteiger partial charge in [0.1, 0.15) is 0 Å². The van der Waals surface area contributed by atoms with Gasteiger partial charge in [-0.2, -0.15) is 0 Å². The molecule has 0 rings (SSSR count). The van der Waals surface area contributed by atoms with Gasteiger partial charge in [0.2, 0.25) is 0 Å². The number of hydrogen-bond donors (Lipinski definition) is 0. The fourth-order valence-electron chi connectivity index (χ4n) is 3.33. The third-order valence-electron chi connectivity index (χ3n) is 5.17. The zero-order valence-electron chi connectivity index (χ0n) is 18.5. The summed E-state index contributed by atoms with van der Waals surface area (Å²) in [6, 6.07) is 0. The summed E-state index contributed by atoms with van der Waals surface area (Å²) < 4.78 is 11.3. The Hall–Kier alpha value is 0.880. The third-order valence-corrected chi connectivity index (χ3v) is 6.29. The third kappa shape index (κ3) is 26.9. The van der Waals surface area contributed by atoms with E-state index in [9.17, 15) is 0 Å². The van der Waals surface area contributed by atoms with Crippen LogP contribution in [-0.2, 0) is 9.47 Å². The molecule has 0 aliphatic rings. The quantitative estimate of drug-likeness (QED) is 0.0871. The van der Waals surface area contributed by atoms with E-state index >= 15 is 0 Å². The molecule has 0 saturated carbocycles. The molecule has 170 valence electrons. The molecule has 0 aromatic carbocycles. The van der Waals surface area contributed by atoms with E-state index in [0.717, 1.165) is 37.1 Å². The Morgan fingerprint density at radius 3 is 0.750 bits per heavy atom. The van der Waals surface area contributed by atoms with E-state index < -0.39 is 0 Å². The van der Waals surface area contributed by atoms with E-state index in [0.29, 0.717) is 0 Å². The van der Waals surface area contributed by atoms with Crippen molar-refractivity contribution in [1.29, 1.82) is 0 Å². The molecule has 0 radical (unpaired) electrons. The second kappa shape index (κ2) is 27.9. The summed E-state index contributed by atoms with van der Waals surface area (Å²) in [6.07, 6.45) is 24.3. The number of unbranched alkanes of at least 4 members (excludes halogenated alkanes) is 15. The molecule has 0 atom stereocenters. The molecule has 0 aliphatic carbocycles. The molecule has 28 heavy (non-hydrogen) atoms. The van der Waals surface area contributed by atoms with Crippen LogP contribution in [0.5, 0.6) is 0 Å². The Morgan fingerprint density at radius 1 is 0.286 bits per heavy atom. The Morgan fingerprint density at radius 2 is 0.500 bits per heavy atom. The minimum Gasteiger partial charge on any atom is -0.381 e. The van der Waals surface area contributed by atoms with E-state index in [4.69, 9.17) is 9.47 Å². The number of ether oxygens (including phenoxy) is 2. The zero-order chi connectivity index (χ0) is 20.4. The molecule has 0 unspecified atom stereocenters.